The minimum atomic E-state index is 0.501. The molecule has 1 fully saturated rings. The second-order valence-electron chi connectivity index (χ2n) is 3.33. The predicted octanol–water partition coefficient (Wildman–Crippen LogP) is 0.911. The lowest BCUT2D eigenvalue weighted by atomic mass is 10.1. The maximum atomic E-state index is 5.74. The molecule has 0 radical (unpaired) electrons. The van der Waals surface area contributed by atoms with E-state index in [0.29, 0.717) is 12.1 Å². The Kier molecular flexibility index (Phi) is 5.46. The molecule has 0 aromatic carbocycles. The molecule has 0 bridgehead atoms. The minimum Gasteiger partial charge on any atom is -0.301 e. The SMILES string of the molecule is CC.C[C@H]1CN(N)[C@@H](C)CN1C. The van der Waals surface area contributed by atoms with Gasteiger partial charge in [-0.3, -0.25) is 5.84 Å². The Labute approximate surface area is 76.5 Å². The number of hydrogen-bond acceptors (Lipinski definition) is 3. The maximum absolute atomic E-state index is 5.74. The van der Waals surface area contributed by atoms with Gasteiger partial charge in [-0.1, -0.05) is 13.8 Å². The fourth-order valence-electron chi connectivity index (χ4n) is 1.33. The average molecular weight is 173 g/mol. The zero-order valence-corrected chi connectivity index (χ0v) is 9.04. The number of nitrogens with two attached hydrogens (primary N) is 1. The monoisotopic (exact) mass is 173 g/mol. The summed E-state index contributed by atoms with van der Waals surface area (Å²) in [5, 5.41) is 1.92. The molecule has 1 rings (SSSR count). The van der Waals surface area contributed by atoms with Crippen LogP contribution >= 0.6 is 0 Å². The molecular weight excluding hydrogens is 150 g/mol. The van der Waals surface area contributed by atoms with Crippen LogP contribution in [0.4, 0.5) is 0 Å². The highest BCUT2D eigenvalue weighted by atomic mass is 15.5. The van der Waals surface area contributed by atoms with Gasteiger partial charge in [0.05, 0.1) is 0 Å². The first-order valence-corrected chi connectivity index (χ1v) is 4.83. The second-order valence-corrected chi connectivity index (χ2v) is 3.33. The van der Waals surface area contributed by atoms with E-state index < -0.39 is 0 Å². The van der Waals surface area contributed by atoms with Gasteiger partial charge in [0.15, 0.2) is 0 Å². The Morgan fingerprint density at radius 2 is 1.58 bits per heavy atom. The second kappa shape index (κ2) is 5.51. The predicted molar refractivity (Wildman–Crippen MR) is 53.8 cm³/mol. The summed E-state index contributed by atoms with van der Waals surface area (Å²) in [6, 6.07) is 1.10. The average Bonchev–Trinajstić information content (AvgIpc) is 2.05. The molecule has 74 valence electrons. The van der Waals surface area contributed by atoms with E-state index in [0.717, 1.165) is 13.1 Å². The highest BCUT2D eigenvalue weighted by Gasteiger charge is 2.23. The number of likely N-dealkylation sites (N-methyl/N-ethyl adjacent to an activating group) is 1. The summed E-state index contributed by atoms with van der Waals surface area (Å²) in [6.45, 7) is 10.4. The van der Waals surface area contributed by atoms with Crippen LogP contribution in [0, 0.1) is 0 Å². The van der Waals surface area contributed by atoms with Crippen molar-refractivity contribution in [3.05, 3.63) is 0 Å². The molecule has 1 heterocycles. The van der Waals surface area contributed by atoms with Gasteiger partial charge in [0, 0.05) is 25.2 Å². The van der Waals surface area contributed by atoms with Crippen molar-refractivity contribution in [2.45, 2.75) is 39.8 Å². The topological polar surface area (TPSA) is 32.5 Å². The van der Waals surface area contributed by atoms with E-state index in [2.05, 4.69) is 25.8 Å². The van der Waals surface area contributed by atoms with Crippen molar-refractivity contribution in [3.63, 3.8) is 0 Å². The third kappa shape index (κ3) is 3.09. The Morgan fingerprint density at radius 3 is 2.00 bits per heavy atom. The molecule has 12 heavy (non-hydrogen) atoms. The van der Waals surface area contributed by atoms with E-state index in [-0.39, 0.29) is 0 Å². The number of rotatable bonds is 0. The van der Waals surface area contributed by atoms with E-state index >= 15 is 0 Å². The molecule has 1 aliphatic heterocycles. The van der Waals surface area contributed by atoms with Crippen LogP contribution in [-0.2, 0) is 0 Å². The molecule has 3 nitrogen and oxygen atoms in total. The van der Waals surface area contributed by atoms with Crippen molar-refractivity contribution in [1.29, 1.82) is 0 Å². The van der Waals surface area contributed by atoms with Crippen LogP contribution < -0.4 is 5.84 Å². The highest BCUT2D eigenvalue weighted by Crippen LogP contribution is 2.08. The summed E-state index contributed by atoms with van der Waals surface area (Å²) in [6.07, 6.45) is 0. The maximum Gasteiger partial charge on any atom is 0.0340 e. The summed E-state index contributed by atoms with van der Waals surface area (Å²) in [5.74, 6) is 5.74. The first kappa shape index (κ1) is 11.9. The van der Waals surface area contributed by atoms with Crippen LogP contribution in [0.2, 0.25) is 0 Å². The lowest BCUT2D eigenvalue weighted by molar-refractivity contribution is 0.0603. The van der Waals surface area contributed by atoms with E-state index in [1.807, 2.05) is 18.9 Å². The van der Waals surface area contributed by atoms with Crippen molar-refractivity contribution in [2.24, 2.45) is 5.84 Å². The van der Waals surface area contributed by atoms with E-state index in [4.69, 9.17) is 5.84 Å². The molecule has 0 amide bonds. The summed E-state index contributed by atoms with van der Waals surface area (Å²) in [7, 11) is 2.15. The standard InChI is InChI=1S/C7H17N3.C2H6/c1-6-5-10(8)7(2)4-9(6)3;1-2/h6-7H,4-5,8H2,1-3H3;1-2H3/t6-,7-;/m0./s1. The van der Waals surface area contributed by atoms with Crippen LogP contribution in [0.15, 0.2) is 0 Å². The molecule has 0 spiro atoms. The Balaban J connectivity index is 0.000000561. The molecular formula is C9H23N3. The van der Waals surface area contributed by atoms with Gasteiger partial charge in [0.25, 0.3) is 0 Å². The Hall–Kier alpha value is -0.120. The summed E-state index contributed by atoms with van der Waals surface area (Å²) < 4.78 is 0. The van der Waals surface area contributed by atoms with Crippen LogP contribution in [0.25, 0.3) is 0 Å². The zero-order chi connectivity index (χ0) is 9.72. The number of hydrazine groups is 1. The van der Waals surface area contributed by atoms with Gasteiger partial charge in [-0.05, 0) is 20.9 Å². The van der Waals surface area contributed by atoms with Crippen molar-refractivity contribution >= 4 is 0 Å². The number of nitrogens with zero attached hydrogens (tertiary/aromatic N) is 2. The fourth-order valence-corrected chi connectivity index (χ4v) is 1.33. The first-order chi connectivity index (χ1) is 5.61. The van der Waals surface area contributed by atoms with E-state index in [1.165, 1.54) is 0 Å². The third-order valence-electron chi connectivity index (χ3n) is 2.35. The van der Waals surface area contributed by atoms with Gasteiger partial charge in [0.1, 0.15) is 0 Å². The van der Waals surface area contributed by atoms with E-state index in [9.17, 15) is 0 Å². The van der Waals surface area contributed by atoms with Gasteiger partial charge < -0.3 is 4.90 Å². The lowest BCUT2D eigenvalue weighted by Gasteiger charge is -2.39. The molecule has 2 atom stereocenters. The fraction of sp³-hybridized carbons (Fsp3) is 1.00. The van der Waals surface area contributed by atoms with Crippen molar-refractivity contribution in [3.8, 4) is 0 Å². The van der Waals surface area contributed by atoms with Gasteiger partial charge in [0.2, 0.25) is 0 Å². The molecule has 2 N–H and O–H groups in total. The van der Waals surface area contributed by atoms with Gasteiger partial charge in [-0.15, -0.1) is 0 Å². The smallest absolute Gasteiger partial charge is 0.0340 e. The highest BCUT2D eigenvalue weighted by molar-refractivity contribution is 4.78. The van der Waals surface area contributed by atoms with Crippen molar-refractivity contribution in [2.75, 3.05) is 20.1 Å². The summed E-state index contributed by atoms with van der Waals surface area (Å²) in [5.41, 5.74) is 0. The largest absolute Gasteiger partial charge is 0.301 e. The molecule has 1 aliphatic rings. The van der Waals surface area contributed by atoms with Crippen LogP contribution in [0.3, 0.4) is 0 Å². The molecule has 0 aliphatic carbocycles. The third-order valence-corrected chi connectivity index (χ3v) is 2.35. The van der Waals surface area contributed by atoms with Gasteiger partial charge >= 0.3 is 0 Å². The summed E-state index contributed by atoms with van der Waals surface area (Å²) >= 11 is 0. The summed E-state index contributed by atoms with van der Waals surface area (Å²) in [4.78, 5) is 2.34. The van der Waals surface area contributed by atoms with Crippen molar-refractivity contribution in [1.82, 2.24) is 9.91 Å². The molecule has 1 saturated heterocycles. The normalized spacial score (nSPS) is 32.5. The molecule has 0 unspecified atom stereocenters. The van der Waals surface area contributed by atoms with E-state index in [1.54, 1.807) is 0 Å². The molecule has 0 aromatic rings. The zero-order valence-electron chi connectivity index (χ0n) is 9.04. The first-order valence-electron chi connectivity index (χ1n) is 4.83. The lowest BCUT2D eigenvalue weighted by Crippen LogP contribution is -2.57. The number of piperazine rings is 1. The van der Waals surface area contributed by atoms with Gasteiger partial charge in [-0.2, -0.15) is 0 Å². The van der Waals surface area contributed by atoms with Crippen LogP contribution in [0.1, 0.15) is 27.7 Å². The van der Waals surface area contributed by atoms with Crippen LogP contribution in [0.5, 0.6) is 0 Å². The molecule has 3 heteroatoms. The van der Waals surface area contributed by atoms with Gasteiger partial charge in [-0.25, -0.2) is 5.01 Å². The minimum absolute atomic E-state index is 0.501. The molecule has 0 aromatic heterocycles. The van der Waals surface area contributed by atoms with Crippen LogP contribution in [-0.4, -0.2) is 42.1 Å². The Bertz CT molecular complexity index is 90.3. The molecule has 0 saturated carbocycles. The quantitative estimate of drug-likeness (QED) is 0.553. The Morgan fingerprint density at radius 1 is 1.08 bits per heavy atom. The van der Waals surface area contributed by atoms with Crippen molar-refractivity contribution < 1.29 is 0 Å². The number of hydrogen-bond donors (Lipinski definition) is 1.